The molecule has 0 unspecified atom stereocenters. The highest BCUT2D eigenvalue weighted by Gasteiger charge is 2.15. The largest absolute Gasteiger partial charge is 0.355 e. The van der Waals surface area contributed by atoms with E-state index >= 15 is 0 Å². The molecule has 0 fully saturated rings. The first-order valence-electron chi connectivity index (χ1n) is 9.97. The molecule has 1 heterocycles. The van der Waals surface area contributed by atoms with E-state index in [0.717, 1.165) is 47.4 Å². The van der Waals surface area contributed by atoms with Gasteiger partial charge < -0.3 is 15.2 Å². The van der Waals surface area contributed by atoms with Gasteiger partial charge in [0.15, 0.2) is 0 Å². The van der Waals surface area contributed by atoms with Crippen LogP contribution in [0.3, 0.4) is 0 Å². The zero-order valence-corrected chi connectivity index (χ0v) is 16.6. The molecule has 1 aromatic heterocycles. The molecule has 0 spiro atoms. The summed E-state index contributed by atoms with van der Waals surface area (Å²) in [5.74, 6) is -0.243. The highest BCUT2D eigenvalue weighted by molar-refractivity contribution is 5.91. The van der Waals surface area contributed by atoms with Crippen molar-refractivity contribution in [3.63, 3.8) is 0 Å². The maximum absolute atomic E-state index is 13.8. The molecule has 0 atom stereocenters. The zero-order chi connectivity index (χ0) is 19.9. The molecule has 0 bridgehead atoms. The number of fused-ring (bicyclic) bond motifs is 1. The second-order valence-corrected chi connectivity index (χ2v) is 6.91. The summed E-state index contributed by atoms with van der Waals surface area (Å²) in [6.45, 7) is 7.70. The molecule has 4 nitrogen and oxygen atoms in total. The number of hydrogen-bond donors (Lipinski definition) is 2. The highest BCUT2D eigenvalue weighted by Crippen LogP contribution is 2.31. The minimum atomic E-state index is -0.268. The van der Waals surface area contributed by atoms with E-state index in [9.17, 15) is 9.18 Å². The van der Waals surface area contributed by atoms with E-state index in [1.165, 1.54) is 6.07 Å². The molecule has 0 aliphatic heterocycles. The van der Waals surface area contributed by atoms with Gasteiger partial charge in [0.05, 0.1) is 0 Å². The fourth-order valence-corrected chi connectivity index (χ4v) is 3.55. The molecular formula is C23H28FN3O. The van der Waals surface area contributed by atoms with Crippen molar-refractivity contribution in [2.75, 3.05) is 26.2 Å². The third-order valence-electron chi connectivity index (χ3n) is 5.18. The Balaban J connectivity index is 1.74. The molecule has 1 amide bonds. The van der Waals surface area contributed by atoms with Crippen LogP contribution in [0.1, 0.15) is 25.8 Å². The van der Waals surface area contributed by atoms with Crippen LogP contribution in [0.5, 0.6) is 0 Å². The standard InChI is InChI=1S/C23H28FN3O/c1-3-27(4-2)15-14-25-22(28)13-11-19-20-16-18(24)10-12-21(20)26-23(19)17-8-6-5-7-9-17/h5-10,12,16,26H,3-4,11,13-15H2,1-2H3,(H,25,28). The van der Waals surface area contributed by atoms with E-state index in [0.29, 0.717) is 19.4 Å². The first kappa shape index (κ1) is 20.1. The van der Waals surface area contributed by atoms with E-state index in [-0.39, 0.29) is 11.7 Å². The van der Waals surface area contributed by atoms with Gasteiger partial charge in [0, 0.05) is 36.1 Å². The third kappa shape index (κ3) is 4.78. The maximum Gasteiger partial charge on any atom is 0.220 e. The van der Waals surface area contributed by atoms with Gasteiger partial charge in [-0.3, -0.25) is 4.79 Å². The number of carbonyl (C=O) groups is 1. The Hall–Kier alpha value is -2.66. The van der Waals surface area contributed by atoms with Crippen LogP contribution in [0.2, 0.25) is 0 Å². The average Bonchev–Trinajstić information content (AvgIpc) is 3.08. The summed E-state index contributed by atoms with van der Waals surface area (Å²) in [6, 6.07) is 14.7. The van der Waals surface area contributed by atoms with Crippen molar-refractivity contribution < 1.29 is 9.18 Å². The lowest BCUT2D eigenvalue weighted by molar-refractivity contribution is -0.121. The first-order valence-corrected chi connectivity index (χ1v) is 9.97. The van der Waals surface area contributed by atoms with E-state index in [2.05, 4.69) is 29.0 Å². The molecule has 5 heteroatoms. The van der Waals surface area contributed by atoms with Gasteiger partial charge in [-0.2, -0.15) is 0 Å². The van der Waals surface area contributed by atoms with E-state index in [1.54, 1.807) is 12.1 Å². The Morgan fingerprint density at radius 3 is 2.57 bits per heavy atom. The van der Waals surface area contributed by atoms with Crippen molar-refractivity contribution in [2.45, 2.75) is 26.7 Å². The lowest BCUT2D eigenvalue weighted by atomic mass is 10.0. The lowest BCUT2D eigenvalue weighted by Crippen LogP contribution is -2.34. The number of nitrogens with one attached hydrogen (secondary N) is 2. The Labute approximate surface area is 165 Å². The number of likely N-dealkylation sites (N-methyl/N-ethyl adjacent to an activating group) is 1. The van der Waals surface area contributed by atoms with E-state index in [1.807, 2.05) is 30.3 Å². The monoisotopic (exact) mass is 381 g/mol. The number of carbonyl (C=O) groups excluding carboxylic acids is 1. The molecular weight excluding hydrogens is 353 g/mol. The normalized spacial score (nSPS) is 11.3. The van der Waals surface area contributed by atoms with E-state index in [4.69, 9.17) is 0 Å². The van der Waals surface area contributed by atoms with Crippen LogP contribution in [-0.2, 0) is 11.2 Å². The number of aryl methyl sites for hydroxylation is 1. The molecule has 0 saturated heterocycles. The Bertz CT molecular complexity index is 916. The Morgan fingerprint density at radius 1 is 1.11 bits per heavy atom. The molecule has 0 radical (unpaired) electrons. The second-order valence-electron chi connectivity index (χ2n) is 6.91. The molecule has 148 valence electrons. The van der Waals surface area contributed by atoms with Crippen LogP contribution in [0.4, 0.5) is 4.39 Å². The van der Waals surface area contributed by atoms with Crippen LogP contribution < -0.4 is 5.32 Å². The number of H-pyrrole nitrogens is 1. The Kier molecular flexibility index (Phi) is 6.82. The number of rotatable bonds is 9. The first-order chi connectivity index (χ1) is 13.6. The van der Waals surface area contributed by atoms with Crippen LogP contribution in [0.15, 0.2) is 48.5 Å². The SMILES string of the molecule is CCN(CC)CCNC(=O)CCc1c(-c2ccccc2)[nH]c2ccc(F)cc12. The minimum Gasteiger partial charge on any atom is -0.355 e. The van der Waals surface area contributed by atoms with Gasteiger partial charge in [-0.15, -0.1) is 0 Å². The van der Waals surface area contributed by atoms with Crippen molar-refractivity contribution >= 4 is 16.8 Å². The molecule has 2 N–H and O–H groups in total. The van der Waals surface area contributed by atoms with Crippen molar-refractivity contribution in [1.82, 2.24) is 15.2 Å². The quantitative estimate of drug-likeness (QED) is 0.578. The number of halogens is 1. The molecule has 28 heavy (non-hydrogen) atoms. The van der Waals surface area contributed by atoms with Gasteiger partial charge >= 0.3 is 0 Å². The minimum absolute atomic E-state index is 0.0249. The fourth-order valence-electron chi connectivity index (χ4n) is 3.55. The summed E-state index contributed by atoms with van der Waals surface area (Å²) in [6.07, 6.45) is 0.937. The molecule has 0 aliphatic carbocycles. The molecule has 0 saturated carbocycles. The summed E-state index contributed by atoms with van der Waals surface area (Å²) in [5, 5.41) is 3.84. The summed E-state index contributed by atoms with van der Waals surface area (Å²) < 4.78 is 13.8. The van der Waals surface area contributed by atoms with Gasteiger partial charge in [-0.1, -0.05) is 44.2 Å². The van der Waals surface area contributed by atoms with Crippen LogP contribution in [0, 0.1) is 5.82 Å². The number of amides is 1. The predicted molar refractivity (Wildman–Crippen MR) is 113 cm³/mol. The summed E-state index contributed by atoms with van der Waals surface area (Å²) in [4.78, 5) is 18.0. The number of nitrogens with zero attached hydrogens (tertiary/aromatic N) is 1. The van der Waals surface area contributed by atoms with Crippen molar-refractivity contribution in [3.05, 3.63) is 59.9 Å². The van der Waals surface area contributed by atoms with Gasteiger partial charge in [0.1, 0.15) is 5.82 Å². The van der Waals surface area contributed by atoms with Crippen molar-refractivity contribution in [3.8, 4) is 11.3 Å². The average molecular weight is 381 g/mol. The van der Waals surface area contributed by atoms with Crippen molar-refractivity contribution in [1.29, 1.82) is 0 Å². The zero-order valence-electron chi connectivity index (χ0n) is 16.6. The summed E-state index contributed by atoms with van der Waals surface area (Å²) in [7, 11) is 0. The van der Waals surface area contributed by atoms with Crippen molar-refractivity contribution in [2.24, 2.45) is 0 Å². The van der Waals surface area contributed by atoms with Gasteiger partial charge in [-0.05, 0) is 48.8 Å². The predicted octanol–water partition coefficient (Wildman–Crippen LogP) is 4.36. The summed E-state index contributed by atoms with van der Waals surface area (Å²) in [5.41, 5.74) is 3.87. The number of aromatic amines is 1. The molecule has 3 aromatic rings. The smallest absolute Gasteiger partial charge is 0.220 e. The summed E-state index contributed by atoms with van der Waals surface area (Å²) >= 11 is 0. The van der Waals surface area contributed by atoms with Gasteiger partial charge in [-0.25, -0.2) is 4.39 Å². The van der Waals surface area contributed by atoms with Crippen LogP contribution in [0.25, 0.3) is 22.2 Å². The van der Waals surface area contributed by atoms with Crippen LogP contribution >= 0.6 is 0 Å². The Morgan fingerprint density at radius 2 is 1.86 bits per heavy atom. The maximum atomic E-state index is 13.8. The molecule has 0 aliphatic rings. The topological polar surface area (TPSA) is 48.1 Å². The second kappa shape index (κ2) is 9.51. The van der Waals surface area contributed by atoms with E-state index < -0.39 is 0 Å². The fraction of sp³-hybridized carbons (Fsp3) is 0.348. The van der Waals surface area contributed by atoms with Gasteiger partial charge in [0.2, 0.25) is 5.91 Å². The third-order valence-corrected chi connectivity index (χ3v) is 5.18. The number of aromatic nitrogens is 1. The van der Waals surface area contributed by atoms with Crippen LogP contribution in [-0.4, -0.2) is 42.0 Å². The molecule has 3 rings (SSSR count). The lowest BCUT2D eigenvalue weighted by Gasteiger charge is -2.17. The number of benzene rings is 2. The molecule has 2 aromatic carbocycles. The number of hydrogen-bond acceptors (Lipinski definition) is 2. The highest BCUT2D eigenvalue weighted by atomic mass is 19.1. The van der Waals surface area contributed by atoms with Gasteiger partial charge in [0.25, 0.3) is 0 Å².